The zero-order valence-electron chi connectivity index (χ0n) is 11.6. The summed E-state index contributed by atoms with van der Waals surface area (Å²) >= 11 is 0. The number of carbonyl (C=O) groups is 1. The highest BCUT2D eigenvalue weighted by atomic mass is 16.2. The van der Waals surface area contributed by atoms with E-state index >= 15 is 0 Å². The molecule has 20 heavy (non-hydrogen) atoms. The SMILES string of the molecule is CC(Cn1ccnc1)NC(=O)C(CN)c1ccccc1. The van der Waals surface area contributed by atoms with Crippen LogP contribution in [0, 0.1) is 0 Å². The van der Waals surface area contributed by atoms with Crippen molar-refractivity contribution < 1.29 is 4.79 Å². The Bertz CT molecular complexity index is 524. The number of nitrogens with two attached hydrogens (primary N) is 1. The van der Waals surface area contributed by atoms with Gasteiger partial charge in [-0.1, -0.05) is 30.3 Å². The lowest BCUT2D eigenvalue weighted by Gasteiger charge is -2.19. The Hall–Kier alpha value is -2.14. The minimum atomic E-state index is -0.304. The standard InChI is InChI=1S/C15H20N4O/c1-12(10-19-8-7-17-11-19)18-15(20)14(9-16)13-5-3-2-4-6-13/h2-8,11-12,14H,9-10,16H2,1H3,(H,18,20). The van der Waals surface area contributed by atoms with Crippen molar-refractivity contribution in [2.45, 2.75) is 25.4 Å². The molecule has 0 bridgehead atoms. The van der Waals surface area contributed by atoms with Gasteiger partial charge in [0.2, 0.25) is 5.91 Å². The van der Waals surface area contributed by atoms with Crippen molar-refractivity contribution in [2.75, 3.05) is 6.54 Å². The van der Waals surface area contributed by atoms with E-state index < -0.39 is 0 Å². The van der Waals surface area contributed by atoms with Gasteiger partial charge in [0.05, 0.1) is 12.2 Å². The van der Waals surface area contributed by atoms with Crippen LogP contribution < -0.4 is 11.1 Å². The third-order valence-electron chi connectivity index (χ3n) is 3.19. The van der Waals surface area contributed by atoms with Crippen molar-refractivity contribution in [3.05, 3.63) is 54.6 Å². The number of rotatable bonds is 6. The van der Waals surface area contributed by atoms with Crippen molar-refractivity contribution in [1.29, 1.82) is 0 Å². The Morgan fingerprint density at radius 3 is 2.75 bits per heavy atom. The summed E-state index contributed by atoms with van der Waals surface area (Å²) in [4.78, 5) is 16.3. The third kappa shape index (κ3) is 3.68. The maximum atomic E-state index is 12.3. The average molecular weight is 272 g/mol. The lowest BCUT2D eigenvalue weighted by molar-refractivity contribution is -0.123. The summed E-state index contributed by atoms with van der Waals surface area (Å²) < 4.78 is 1.94. The quantitative estimate of drug-likeness (QED) is 0.828. The highest BCUT2D eigenvalue weighted by Gasteiger charge is 2.20. The highest BCUT2D eigenvalue weighted by Crippen LogP contribution is 2.14. The van der Waals surface area contributed by atoms with Gasteiger partial charge in [0.15, 0.2) is 0 Å². The van der Waals surface area contributed by atoms with Crippen LogP contribution in [-0.2, 0) is 11.3 Å². The maximum absolute atomic E-state index is 12.3. The van der Waals surface area contributed by atoms with Crippen LogP contribution in [0.25, 0.3) is 0 Å². The van der Waals surface area contributed by atoms with Gasteiger partial charge in [-0.25, -0.2) is 4.98 Å². The molecule has 0 radical (unpaired) electrons. The van der Waals surface area contributed by atoms with E-state index in [2.05, 4.69) is 10.3 Å². The minimum Gasteiger partial charge on any atom is -0.351 e. The molecule has 106 valence electrons. The van der Waals surface area contributed by atoms with E-state index in [0.717, 1.165) is 5.56 Å². The zero-order chi connectivity index (χ0) is 14.4. The lowest BCUT2D eigenvalue weighted by Crippen LogP contribution is -2.40. The fourth-order valence-electron chi connectivity index (χ4n) is 2.18. The topological polar surface area (TPSA) is 72.9 Å². The van der Waals surface area contributed by atoms with Gasteiger partial charge in [0, 0.05) is 31.5 Å². The zero-order valence-corrected chi connectivity index (χ0v) is 11.6. The number of nitrogens with one attached hydrogen (secondary N) is 1. The predicted molar refractivity (Wildman–Crippen MR) is 78.1 cm³/mol. The number of amides is 1. The van der Waals surface area contributed by atoms with E-state index in [1.807, 2.05) is 48.0 Å². The van der Waals surface area contributed by atoms with Crippen LogP contribution in [0.5, 0.6) is 0 Å². The number of aromatic nitrogens is 2. The summed E-state index contributed by atoms with van der Waals surface area (Å²) in [5.74, 6) is -0.340. The van der Waals surface area contributed by atoms with Crippen molar-refractivity contribution in [1.82, 2.24) is 14.9 Å². The minimum absolute atomic E-state index is 0.0227. The highest BCUT2D eigenvalue weighted by molar-refractivity contribution is 5.84. The molecule has 1 amide bonds. The van der Waals surface area contributed by atoms with Crippen molar-refractivity contribution in [2.24, 2.45) is 5.73 Å². The second kappa shape index (κ2) is 6.86. The molecule has 2 aromatic rings. The van der Waals surface area contributed by atoms with Crippen molar-refractivity contribution >= 4 is 5.91 Å². The Morgan fingerprint density at radius 1 is 1.40 bits per heavy atom. The molecule has 2 unspecified atom stereocenters. The molecular formula is C15H20N4O. The average Bonchev–Trinajstić information content (AvgIpc) is 2.93. The second-order valence-electron chi connectivity index (χ2n) is 4.87. The number of carbonyl (C=O) groups excluding carboxylic acids is 1. The largest absolute Gasteiger partial charge is 0.351 e. The monoisotopic (exact) mass is 272 g/mol. The predicted octanol–water partition coefficient (Wildman–Crippen LogP) is 1.13. The van der Waals surface area contributed by atoms with Gasteiger partial charge in [0.25, 0.3) is 0 Å². The molecule has 1 heterocycles. The summed E-state index contributed by atoms with van der Waals surface area (Å²) in [6, 6.07) is 9.64. The van der Waals surface area contributed by atoms with E-state index in [9.17, 15) is 4.79 Å². The number of benzene rings is 1. The van der Waals surface area contributed by atoms with Crippen LogP contribution in [-0.4, -0.2) is 28.0 Å². The Balaban J connectivity index is 1.95. The molecule has 0 saturated heterocycles. The smallest absolute Gasteiger partial charge is 0.229 e. The molecule has 0 aliphatic heterocycles. The van der Waals surface area contributed by atoms with Crippen LogP contribution in [0.1, 0.15) is 18.4 Å². The molecule has 0 aliphatic carbocycles. The lowest BCUT2D eigenvalue weighted by atomic mass is 9.98. The number of hydrogen-bond donors (Lipinski definition) is 2. The van der Waals surface area contributed by atoms with Gasteiger partial charge < -0.3 is 15.6 Å². The number of hydrogen-bond acceptors (Lipinski definition) is 3. The summed E-state index contributed by atoms with van der Waals surface area (Å²) in [5.41, 5.74) is 6.69. The molecule has 0 saturated carbocycles. The maximum Gasteiger partial charge on any atom is 0.229 e. The molecule has 5 nitrogen and oxygen atoms in total. The van der Waals surface area contributed by atoms with Gasteiger partial charge in [-0.2, -0.15) is 0 Å². The van der Waals surface area contributed by atoms with Gasteiger partial charge >= 0.3 is 0 Å². The molecule has 2 rings (SSSR count). The summed E-state index contributed by atoms with van der Waals surface area (Å²) in [5, 5.41) is 3.00. The van der Waals surface area contributed by atoms with E-state index in [0.29, 0.717) is 13.1 Å². The van der Waals surface area contributed by atoms with Crippen LogP contribution in [0.2, 0.25) is 0 Å². The number of imidazole rings is 1. The molecule has 5 heteroatoms. The molecule has 0 aliphatic rings. The molecule has 2 atom stereocenters. The first kappa shape index (κ1) is 14.3. The summed E-state index contributed by atoms with van der Waals surface area (Å²) in [7, 11) is 0. The third-order valence-corrected chi connectivity index (χ3v) is 3.19. The van der Waals surface area contributed by atoms with Crippen LogP contribution in [0.15, 0.2) is 49.1 Å². The van der Waals surface area contributed by atoms with Gasteiger partial charge in [-0.3, -0.25) is 4.79 Å². The van der Waals surface area contributed by atoms with E-state index in [-0.39, 0.29) is 17.9 Å². The molecule has 0 fully saturated rings. The fourth-order valence-corrected chi connectivity index (χ4v) is 2.18. The van der Waals surface area contributed by atoms with E-state index in [1.54, 1.807) is 12.5 Å². The van der Waals surface area contributed by atoms with E-state index in [4.69, 9.17) is 5.73 Å². The van der Waals surface area contributed by atoms with E-state index in [1.165, 1.54) is 0 Å². The van der Waals surface area contributed by atoms with Gasteiger partial charge in [-0.05, 0) is 12.5 Å². The summed E-state index contributed by atoms with van der Waals surface area (Å²) in [6.45, 7) is 2.96. The van der Waals surface area contributed by atoms with Crippen LogP contribution >= 0.6 is 0 Å². The Morgan fingerprint density at radius 2 is 2.15 bits per heavy atom. The molecular weight excluding hydrogens is 252 g/mol. The van der Waals surface area contributed by atoms with Crippen LogP contribution in [0.3, 0.4) is 0 Å². The van der Waals surface area contributed by atoms with Crippen molar-refractivity contribution in [3.8, 4) is 0 Å². The first-order chi connectivity index (χ1) is 9.70. The van der Waals surface area contributed by atoms with Crippen LogP contribution in [0.4, 0.5) is 0 Å². The Labute approximate surface area is 118 Å². The van der Waals surface area contributed by atoms with Gasteiger partial charge in [-0.15, -0.1) is 0 Å². The second-order valence-corrected chi connectivity index (χ2v) is 4.87. The fraction of sp³-hybridized carbons (Fsp3) is 0.333. The van der Waals surface area contributed by atoms with Gasteiger partial charge in [0.1, 0.15) is 0 Å². The first-order valence-corrected chi connectivity index (χ1v) is 6.72. The number of nitrogens with zero attached hydrogens (tertiary/aromatic N) is 2. The van der Waals surface area contributed by atoms with Crippen molar-refractivity contribution in [3.63, 3.8) is 0 Å². The normalized spacial score (nSPS) is 13.7. The first-order valence-electron chi connectivity index (χ1n) is 6.72. The Kier molecular flexibility index (Phi) is 4.90. The summed E-state index contributed by atoms with van der Waals surface area (Å²) in [6.07, 6.45) is 5.34. The molecule has 3 N–H and O–H groups in total. The molecule has 1 aromatic heterocycles. The molecule has 1 aromatic carbocycles. The molecule has 0 spiro atoms.